The van der Waals surface area contributed by atoms with Crippen molar-refractivity contribution in [2.24, 2.45) is 4.99 Å². The summed E-state index contributed by atoms with van der Waals surface area (Å²) in [6, 6.07) is 9.24. The Labute approximate surface area is 168 Å². The van der Waals surface area contributed by atoms with Gasteiger partial charge in [-0.3, -0.25) is 4.90 Å². The molecule has 150 valence electrons. The zero-order valence-electron chi connectivity index (χ0n) is 16.7. The second-order valence-electron chi connectivity index (χ2n) is 7.36. The number of nitrogens with one attached hydrogen (secondary N) is 2. The number of aliphatic imine (C=N–C) groups is 1. The first-order valence-electron chi connectivity index (χ1n) is 10.2. The Morgan fingerprint density at radius 2 is 2.00 bits per heavy atom. The van der Waals surface area contributed by atoms with Gasteiger partial charge in [-0.1, -0.05) is 24.3 Å². The lowest BCUT2D eigenvalue weighted by molar-refractivity contribution is 0.0341. The molecule has 0 spiro atoms. The van der Waals surface area contributed by atoms with E-state index in [1.54, 1.807) is 0 Å². The molecule has 2 aliphatic rings. The van der Waals surface area contributed by atoms with Crippen molar-refractivity contribution in [1.29, 1.82) is 0 Å². The third-order valence-electron chi connectivity index (χ3n) is 5.43. The van der Waals surface area contributed by atoms with Crippen molar-refractivity contribution in [1.82, 2.24) is 15.5 Å². The molecule has 3 rings (SSSR count). The molecule has 2 unspecified atom stereocenters. The number of benzene rings is 1. The minimum Gasteiger partial charge on any atom is -0.379 e. The van der Waals surface area contributed by atoms with Crippen LogP contribution in [-0.4, -0.2) is 61.3 Å². The molecule has 0 aromatic heterocycles. The maximum absolute atomic E-state index is 5.47. The Morgan fingerprint density at radius 3 is 2.70 bits per heavy atom. The van der Waals surface area contributed by atoms with Gasteiger partial charge in [0.15, 0.2) is 5.96 Å². The van der Waals surface area contributed by atoms with Crippen LogP contribution in [0.3, 0.4) is 0 Å². The Balaban J connectivity index is 1.61. The Hall–Kier alpha value is -1.24. The molecule has 27 heavy (non-hydrogen) atoms. The summed E-state index contributed by atoms with van der Waals surface area (Å²) in [4.78, 5) is 7.37. The number of morpholine rings is 1. The Bertz CT molecular complexity index is 604. The van der Waals surface area contributed by atoms with E-state index in [2.05, 4.69) is 53.0 Å². The highest BCUT2D eigenvalue weighted by molar-refractivity contribution is 7.99. The third kappa shape index (κ3) is 6.40. The normalized spacial score (nSPS) is 24.1. The van der Waals surface area contributed by atoms with Crippen LogP contribution in [0.5, 0.6) is 0 Å². The van der Waals surface area contributed by atoms with Gasteiger partial charge in [-0.25, -0.2) is 4.99 Å². The van der Waals surface area contributed by atoms with Gasteiger partial charge in [0.25, 0.3) is 0 Å². The topological polar surface area (TPSA) is 48.9 Å². The van der Waals surface area contributed by atoms with E-state index in [1.807, 2.05) is 11.8 Å². The lowest BCUT2D eigenvalue weighted by Crippen LogP contribution is -2.42. The van der Waals surface area contributed by atoms with E-state index in [0.29, 0.717) is 12.6 Å². The van der Waals surface area contributed by atoms with Gasteiger partial charge in [0.1, 0.15) is 0 Å². The van der Waals surface area contributed by atoms with E-state index < -0.39 is 0 Å². The van der Waals surface area contributed by atoms with Gasteiger partial charge in [0.2, 0.25) is 0 Å². The molecule has 1 saturated carbocycles. The van der Waals surface area contributed by atoms with Crippen LogP contribution in [0.15, 0.2) is 29.3 Å². The second kappa shape index (κ2) is 10.9. The number of thioether (sulfide) groups is 1. The summed E-state index contributed by atoms with van der Waals surface area (Å²) in [6.45, 7) is 8.43. The van der Waals surface area contributed by atoms with Crippen molar-refractivity contribution in [3.63, 3.8) is 0 Å². The molecule has 1 aromatic carbocycles. The van der Waals surface area contributed by atoms with Gasteiger partial charge < -0.3 is 15.4 Å². The van der Waals surface area contributed by atoms with E-state index in [1.165, 1.54) is 30.4 Å². The van der Waals surface area contributed by atoms with Crippen LogP contribution in [-0.2, 0) is 17.8 Å². The van der Waals surface area contributed by atoms with E-state index in [-0.39, 0.29) is 0 Å². The Morgan fingerprint density at radius 1 is 1.22 bits per heavy atom. The van der Waals surface area contributed by atoms with Crippen molar-refractivity contribution >= 4 is 17.7 Å². The third-order valence-corrected chi connectivity index (χ3v) is 6.52. The van der Waals surface area contributed by atoms with Crippen LogP contribution >= 0.6 is 11.8 Å². The van der Waals surface area contributed by atoms with Gasteiger partial charge in [0.05, 0.1) is 19.8 Å². The van der Waals surface area contributed by atoms with E-state index in [4.69, 9.17) is 9.73 Å². The highest BCUT2D eigenvalue weighted by Crippen LogP contribution is 2.28. The molecular formula is C21H34N4OS. The number of ether oxygens (including phenoxy) is 1. The molecule has 1 aromatic rings. The number of guanidine groups is 1. The van der Waals surface area contributed by atoms with Crippen molar-refractivity contribution in [2.75, 3.05) is 39.1 Å². The maximum Gasteiger partial charge on any atom is 0.191 e. The monoisotopic (exact) mass is 390 g/mol. The number of nitrogens with zero attached hydrogens (tertiary/aromatic N) is 2. The molecule has 5 nitrogen and oxygen atoms in total. The Kier molecular flexibility index (Phi) is 8.30. The fraction of sp³-hybridized carbons (Fsp3) is 0.667. The molecule has 2 atom stereocenters. The van der Waals surface area contributed by atoms with Gasteiger partial charge in [-0.2, -0.15) is 11.8 Å². The van der Waals surface area contributed by atoms with Gasteiger partial charge in [-0.05, 0) is 43.6 Å². The fourth-order valence-electron chi connectivity index (χ4n) is 3.83. The number of hydrogen-bond acceptors (Lipinski definition) is 4. The molecule has 1 aliphatic heterocycles. The summed E-state index contributed by atoms with van der Waals surface area (Å²) >= 11 is 1.99. The largest absolute Gasteiger partial charge is 0.379 e. The average Bonchev–Trinajstić information content (AvgIpc) is 3.16. The first-order chi connectivity index (χ1) is 13.3. The molecule has 0 radical (unpaired) electrons. The molecular weight excluding hydrogens is 356 g/mol. The average molecular weight is 391 g/mol. The molecule has 2 N–H and O–H groups in total. The molecule has 1 saturated heterocycles. The zero-order chi connectivity index (χ0) is 18.9. The molecule has 6 heteroatoms. The first-order valence-corrected chi connectivity index (χ1v) is 11.5. The lowest BCUT2D eigenvalue weighted by Gasteiger charge is -2.27. The van der Waals surface area contributed by atoms with Crippen LogP contribution < -0.4 is 10.6 Å². The summed E-state index contributed by atoms with van der Waals surface area (Å²) in [5.74, 6) is 0.949. The van der Waals surface area contributed by atoms with Crippen LogP contribution in [0.4, 0.5) is 0 Å². The number of hydrogen-bond donors (Lipinski definition) is 2. The van der Waals surface area contributed by atoms with E-state index in [9.17, 15) is 0 Å². The molecule has 2 fully saturated rings. The second-order valence-corrected chi connectivity index (χ2v) is 8.50. The van der Waals surface area contributed by atoms with Crippen LogP contribution in [0.1, 0.15) is 37.3 Å². The summed E-state index contributed by atoms with van der Waals surface area (Å²) < 4.78 is 5.47. The van der Waals surface area contributed by atoms with Gasteiger partial charge >= 0.3 is 0 Å². The van der Waals surface area contributed by atoms with Crippen molar-refractivity contribution < 1.29 is 4.74 Å². The predicted octanol–water partition coefficient (Wildman–Crippen LogP) is 2.86. The highest BCUT2D eigenvalue weighted by atomic mass is 32.2. The summed E-state index contributed by atoms with van der Waals surface area (Å²) in [7, 11) is 0. The molecule has 1 heterocycles. The van der Waals surface area contributed by atoms with Crippen molar-refractivity contribution in [3.05, 3.63) is 35.4 Å². The quantitative estimate of drug-likeness (QED) is 0.554. The minimum atomic E-state index is 0.545. The fourth-order valence-corrected chi connectivity index (χ4v) is 4.63. The van der Waals surface area contributed by atoms with Gasteiger partial charge in [0, 0.05) is 37.5 Å². The lowest BCUT2D eigenvalue weighted by atomic mass is 10.1. The summed E-state index contributed by atoms with van der Waals surface area (Å²) in [5, 5.41) is 7.86. The number of rotatable bonds is 7. The van der Waals surface area contributed by atoms with E-state index in [0.717, 1.165) is 50.6 Å². The van der Waals surface area contributed by atoms with Crippen LogP contribution in [0, 0.1) is 0 Å². The van der Waals surface area contributed by atoms with Crippen LogP contribution in [0.25, 0.3) is 0 Å². The maximum atomic E-state index is 5.47. The molecule has 0 amide bonds. The standard InChI is InChI=1S/C21H34N4OS/c1-3-22-21(24-19-8-9-20(14-19)27-2)23-15-17-6-4-5-7-18(17)16-25-10-12-26-13-11-25/h4-7,19-20H,3,8-16H2,1-2H3,(H2,22,23,24). The van der Waals surface area contributed by atoms with E-state index >= 15 is 0 Å². The predicted molar refractivity (Wildman–Crippen MR) is 115 cm³/mol. The first kappa shape index (κ1) is 20.5. The van der Waals surface area contributed by atoms with Crippen molar-refractivity contribution in [2.45, 2.75) is 50.6 Å². The summed E-state index contributed by atoms with van der Waals surface area (Å²) in [5.41, 5.74) is 2.69. The van der Waals surface area contributed by atoms with Crippen molar-refractivity contribution in [3.8, 4) is 0 Å². The van der Waals surface area contributed by atoms with Gasteiger partial charge in [-0.15, -0.1) is 0 Å². The van der Waals surface area contributed by atoms with Crippen LogP contribution in [0.2, 0.25) is 0 Å². The highest BCUT2D eigenvalue weighted by Gasteiger charge is 2.24. The SMILES string of the molecule is CCNC(=NCc1ccccc1CN1CCOCC1)NC1CCC(SC)C1. The zero-order valence-corrected chi connectivity index (χ0v) is 17.6. The minimum absolute atomic E-state index is 0.545. The molecule has 1 aliphatic carbocycles. The smallest absolute Gasteiger partial charge is 0.191 e. The molecule has 0 bridgehead atoms. The summed E-state index contributed by atoms with van der Waals surface area (Å²) in [6.07, 6.45) is 6.00.